The number of benzene rings is 1. The monoisotopic (exact) mass is 329 g/mol. The van der Waals surface area contributed by atoms with Crippen molar-refractivity contribution >= 4 is 39.0 Å². The lowest BCUT2D eigenvalue weighted by Gasteiger charge is -2.15. The lowest BCUT2D eigenvalue weighted by atomic mass is 10.2. The van der Waals surface area contributed by atoms with Gasteiger partial charge in [-0.05, 0) is 34.2 Å². The molecule has 0 aliphatic heterocycles. The van der Waals surface area contributed by atoms with E-state index in [1.165, 1.54) is 11.0 Å². The van der Waals surface area contributed by atoms with E-state index in [4.69, 9.17) is 22.2 Å². The van der Waals surface area contributed by atoms with Crippen LogP contribution in [0.3, 0.4) is 0 Å². The van der Waals surface area contributed by atoms with Gasteiger partial charge in [0.2, 0.25) is 5.75 Å². The number of halogens is 1. The molecule has 0 atom stereocenters. The third-order valence-corrected chi connectivity index (χ3v) is 2.94. The molecule has 0 heterocycles. The van der Waals surface area contributed by atoms with Gasteiger partial charge in [0.25, 0.3) is 5.17 Å². The van der Waals surface area contributed by atoms with Crippen molar-refractivity contribution < 1.29 is 9.66 Å². The first-order valence-electron chi connectivity index (χ1n) is 4.64. The van der Waals surface area contributed by atoms with Crippen LogP contribution in [0.25, 0.3) is 0 Å². The van der Waals surface area contributed by atoms with E-state index in [0.29, 0.717) is 4.47 Å². The van der Waals surface area contributed by atoms with Gasteiger partial charge in [0, 0.05) is 20.2 Å². The molecule has 1 aromatic carbocycles. The Balaban J connectivity index is 3.30. The summed E-state index contributed by atoms with van der Waals surface area (Å²) in [7, 11) is 3.32. The van der Waals surface area contributed by atoms with Crippen LogP contribution in [0, 0.1) is 21.4 Å². The van der Waals surface area contributed by atoms with Crippen molar-refractivity contribution in [2.75, 3.05) is 14.1 Å². The van der Waals surface area contributed by atoms with Crippen LogP contribution >= 0.6 is 28.1 Å². The summed E-state index contributed by atoms with van der Waals surface area (Å²) in [5.74, 6) is -0.0160. The second-order valence-electron chi connectivity index (χ2n) is 3.44. The number of nitrogens with zero attached hydrogens (tertiary/aromatic N) is 3. The van der Waals surface area contributed by atoms with Gasteiger partial charge in [0.1, 0.15) is 0 Å². The average Bonchev–Trinajstić information content (AvgIpc) is 2.30. The molecule has 0 amide bonds. The van der Waals surface area contributed by atoms with Crippen LogP contribution in [0.1, 0.15) is 5.56 Å². The zero-order valence-corrected chi connectivity index (χ0v) is 11.9. The van der Waals surface area contributed by atoms with E-state index < -0.39 is 4.92 Å². The molecule has 18 heavy (non-hydrogen) atoms. The first kappa shape index (κ1) is 14.3. The quantitative estimate of drug-likeness (QED) is 0.471. The third-order valence-electron chi connectivity index (χ3n) is 1.90. The van der Waals surface area contributed by atoms with E-state index in [1.54, 1.807) is 14.1 Å². The Morgan fingerprint density at radius 2 is 2.22 bits per heavy atom. The Morgan fingerprint density at radius 1 is 1.61 bits per heavy atom. The number of hydrogen-bond acceptors (Lipinski definition) is 5. The Bertz CT molecular complexity index is 554. The first-order chi connectivity index (χ1) is 8.36. The Morgan fingerprint density at radius 3 is 2.67 bits per heavy atom. The number of nitro groups is 1. The minimum Gasteiger partial charge on any atom is -0.423 e. The van der Waals surface area contributed by atoms with Gasteiger partial charge in [-0.15, -0.1) is 0 Å². The van der Waals surface area contributed by atoms with Crippen molar-refractivity contribution in [2.45, 2.75) is 0 Å². The number of thiocarbonyl (C=S) groups is 1. The topological polar surface area (TPSA) is 79.4 Å². The van der Waals surface area contributed by atoms with Crippen molar-refractivity contribution in [1.29, 1.82) is 5.26 Å². The van der Waals surface area contributed by atoms with Crippen molar-refractivity contribution in [1.82, 2.24) is 4.90 Å². The maximum absolute atomic E-state index is 10.9. The molecule has 0 aromatic heterocycles. The fourth-order valence-electron chi connectivity index (χ4n) is 1.06. The molecule has 1 rings (SSSR count). The van der Waals surface area contributed by atoms with Crippen LogP contribution in [0.5, 0.6) is 5.75 Å². The van der Waals surface area contributed by atoms with E-state index in [0.717, 1.165) is 6.07 Å². The molecule has 94 valence electrons. The van der Waals surface area contributed by atoms with Crippen molar-refractivity contribution in [3.63, 3.8) is 0 Å². The van der Waals surface area contributed by atoms with Gasteiger partial charge in [-0.3, -0.25) is 10.1 Å². The van der Waals surface area contributed by atoms with Crippen molar-refractivity contribution in [2.24, 2.45) is 0 Å². The highest BCUT2D eigenvalue weighted by Crippen LogP contribution is 2.36. The van der Waals surface area contributed by atoms with Crippen LogP contribution in [0.15, 0.2) is 16.6 Å². The van der Waals surface area contributed by atoms with Gasteiger partial charge >= 0.3 is 5.69 Å². The lowest BCUT2D eigenvalue weighted by molar-refractivity contribution is -0.385. The Hall–Kier alpha value is -1.72. The highest BCUT2D eigenvalue weighted by Gasteiger charge is 2.22. The lowest BCUT2D eigenvalue weighted by Crippen LogP contribution is -2.25. The van der Waals surface area contributed by atoms with E-state index >= 15 is 0 Å². The van der Waals surface area contributed by atoms with Crippen LogP contribution in [-0.4, -0.2) is 29.1 Å². The van der Waals surface area contributed by atoms with E-state index in [1.807, 2.05) is 6.07 Å². The molecule has 1 aromatic rings. The molecule has 0 saturated heterocycles. The predicted octanol–water partition coefficient (Wildman–Crippen LogP) is 2.45. The summed E-state index contributed by atoms with van der Waals surface area (Å²) in [4.78, 5) is 11.8. The molecule has 8 heteroatoms. The van der Waals surface area contributed by atoms with E-state index in [2.05, 4.69) is 15.9 Å². The zero-order chi connectivity index (χ0) is 13.9. The molecular weight excluding hydrogens is 322 g/mol. The second-order valence-corrected chi connectivity index (χ2v) is 4.64. The van der Waals surface area contributed by atoms with Gasteiger partial charge in [-0.25, -0.2) is 0 Å². The Labute approximate surface area is 117 Å². The van der Waals surface area contributed by atoms with Crippen LogP contribution < -0.4 is 4.74 Å². The van der Waals surface area contributed by atoms with Gasteiger partial charge in [-0.1, -0.05) is 0 Å². The average molecular weight is 330 g/mol. The standard InChI is InChI=1S/C10H8BrN3O3S/c1-13(2)10(18)17-9-7(11)3-6(5-12)4-8(9)14(15)16/h3-4H,1-2H3. The number of hydrogen-bond donors (Lipinski definition) is 0. The minimum atomic E-state index is -0.626. The molecule has 0 radical (unpaired) electrons. The van der Waals surface area contributed by atoms with Gasteiger partial charge in [0.15, 0.2) is 0 Å². The fourth-order valence-corrected chi connectivity index (χ4v) is 1.67. The fraction of sp³-hybridized carbons (Fsp3) is 0.200. The molecule has 0 fully saturated rings. The predicted molar refractivity (Wildman–Crippen MR) is 72.4 cm³/mol. The summed E-state index contributed by atoms with van der Waals surface area (Å²) >= 11 is 8.05. The van der Waals surface area contributed by atoms with Gasteiger partial charge in [-0.2, -0.15) is 5.26 Å². The van der Waals surface area contributed by atoms with Crippen LogP contribution in [0.4, 0.5) is 5.69 Å². The molecule has 0 spiro atoms. The molecule has 0 unspecified atom stereocenters. The summed E-state index contributed by atoms with van der Waals surface area (Å²) in [5, 5.41) is 19.8. The summed E-state index contributed by atoms with van der Waals surface area (Å²) in [6, 6.07) is 4.40. The van der Waals surface area contributed by atoms with Gasteiger partial charge in [0.05, 0.1) is 21.0 Å². The van der Waals surface area contributed by atoms with E-state index in [-0.39, 0.29) is 22.2 Å². The second kappa shape index (κ2) is 5.75. The number of rotatable bonds is 2. The molecule has 0 N–H and O–H groups in total. The maximum atomic E-state index is 10.9. The van der Waals surface area contributed by atoms with Crippen LogP contribution in [0.2, 0.25) is 0 Å². The van der Waals surface area contributed by atoms with Crippen molar-refractivity contribution in [3.05, 3.63) is 32.3 Å². The highest BCUT2D eigenvalue weighted by molar-refractivity contribution is 9.10. The maximum Gasteiger partial charge on any atom is 0.314 e. The first-order valence-corrected chi connectivity index (χ1v) is 5.84. The number of nitro benzene ring substituents is 1. The number of ether oxygens (including phenoxy) is 1. The summed E-state index contributed by atoms with van der Waals surface area (Å²) in [5.41, 5.74) is -0.151. The normalized spacial score (nSPS) is 9.44. The summed E-state index contributed by atoms with van der Waals surface area (Å²) in [6.45, 7) is 0. The summed E-state index contributed by atoms with van der Waals surface area (Å²) < 4.78 is 5.56. The van der Waals surface area contributed by atoms with Crippen LogP contribution in [-0.2, 0) is 0 Å². The molecule has 0 saturated carbocycles. The van der Waals surface area contributed by atoms with Gasteiger partial charge < -0.3 is 9.64 Å². The SMILES string of the molecule is CN(C)C(=S)Oc1c(Br)cc(C#N)cc1[N+](=O)[O-]. The minimum absolute atomic E-state index is 0.0160. The molecule has 0 aliphatic rings. The molecule has 6 nitrogen and oxygen atoms in total. The molecule has 0 aliphatic carbocycles. The molecule has 0 bridgehead atoms. The smallest absolute Gasteiger partial charge is 0.314 e. The van der Waals surface area contributed by atoms with Crippen molar-refractivity contribution in [3.8, 4) is 11.8 Å². The largest absolute Gasteiger partial charge is 0.423 e. The van der Waals surface area contributed by atoms with E-state index in [9.17, 15) is 10.1 Å². The third kappa shape index (κ3) is 3.15. The zero-order valence-electron chi connectivity index (χ0n) is 9.51. The highest BCUT2D eigenvalue weighted by atomic mass is 79.9. The Kier molecular flexibility index (Phi) is 4.58. The summed E-state index contributed by atoms with van der Waals surface area (Å²) in [6.07, 6.45) is 0. The molecular formula is C10H8BrN3O3S. The number of nitriles is 1.